The van der Waals surface area contributed by atoms with Gasteiger partial charge in [0, 0.05) is 35.3 Å². The molecule has 0 spiro atoms. The third kappa shape index (κ3) is 4.73. The topological polar surface area (TPSA) is 83.1 Å². The van der Waals surface area contributed by atoms with Crippen LogP contribution >= 0.6 is 11.6 Å². The number of nitrogens with one attached hydrogen (secondary N) is 1. The molecule has 232 valence electrons. The minimum absolute atomic E-state index is 0.0430. The molecule has 8 rings (SSSR count). The van der Waals surface area contributed by atoms with Gasteiger partial charge in [0.15, 0.2) is 5.82 Å². The Morgan fingerprint density at radius 1 is 1.11 bits per heavy atom. The molecule has 1 aromatic carbocycles. The van der Waals surface area contributed by atoms with E-state index < -0.39 is 5.82 Å². The Labute approximate surface area is 262 Å². The zero-order chi connectivity index (χ0) is 30.0. The van der Waals surface area contributed by atoms with E-state index in [1.165, 1.54) is 25.7 Å². The number of H-pyrrole nitrogens is 1. The predicted octanol–water partition coefficient (Wildman–Crippen LogP) is 7.51. The number of pyridine rings is 1. The second-order valence-corrected chi connectivity index (χ2v) is 14.2. The SMILES string of the molecule is CCCC1CCCN(c2nc(OCC34CCCN3CCC4)nc3c(F)c(-c4c([C@H]5C[C@H]5C)c(Cl)cc5[nH]ncc45)ncc23)C1. The monoisotopic (exact) mass is 617 g/mol. The van der Waals surface area contributed by atoms with Crippen molar-refractivity contribution in [2.24, 2.45) is 11.8 Å². The van der Waals surface area contributed by atoms with Crippen molar-refractivity contribution < 1.29 is 9.13 Å². The lowest BCUT2D eigenvalue weighted by Gasteiger charge is -2.34. The fraction of sp³-hybridized carbons (Fsp3) is 0.588. The maximum absolute atomic E-state index is 17.1. The average Bonchev–Trinajstić information content (AvgIpc) is 3.36. The van der Waals surface area contributed by atoms with Gasteiger partial charge in [-0.2, -0.15) is 15.1 Å². The van der Waals surface area contributed by atoms with E-state index in [1.54, 1.807) is 12.4 Å². The van der Waals surface area contributed by atoms with Crippen LogP contribution in [-0.2, 0) is 0 Å². The fourth-order valence-electron chi connectivity index (χ4n) is 8.48. The number of ether oxygens (including phenoxy) is 1. The molecule has 44 heavy (non-hydrogen) atoms. The maximum atomic E-state index is 17.1. The summed E-state index contributed by atoms with van der Waals surface area (Å²) in [5, 5.41) is 9.36. The summed E-state index contributed by atoms with van der Waals surface area (Å²) in [6.07, 6.45) is 13.8. The highest BCUT2D eigenvalue weighted by atomic mass is 35.5. The summed E-state index contributed by atoms with van der Waals surface area (Å²) in [5.74, 6) is 1.60. The standard InChI is InChI=1S/C34H41ClFN7O/c1-3-7-21-8-4-11-42(18-21)32-24-16-37-31(28-23-17-38-41-26(23)15-25(35)27(28)22-14-20(22)2)29(36)30(24)39-33(40-32)44-19-34-9-5-12-43(34)13-6-10-34/h15-17,20-22H,3-14,18-19H2,1-2H3,(H,38,41)/t20-,21?,22+/m1/s1. The van der Waals surface area contributed by atoms with Crippen LogP contribution in [0.2, 0.25) is 5.02 Å². The van der Waals surface area contributed by atoms with Gasteiger partial charge in [-0.3, -0.25) is 15.0 Å². The minimum atomic E-state index is -0.459. The molecule has 3 atom stereocenters. The Bertz CT molecular complexity index is 1710. The van der Waals surface area contributed by atoms with Crippen molar-refractivity contribution >= 4 is 39.2 Å². The van der Waals surface area contributed by atoms with Crippen LogP contribution in [0.25, 0.3) is 33.1 Å². The van der Waals surface area contributed by atoms with Crippen LogP contribution in [0.15, 0.2) is 18.5 Å². The molecule has 1 unspecified atom stereocenters. The molecule has 3 saturated heterocycles. The second kappa shape index (κ2) is 11.1. The van der Waals surface area contributed by atoms with Crippen LogP contribution in [0.4, 0.5) is 10.2 Å². The lowest BCUT2D eigenvalue weighted by Crippen LogP contribution is -2.43. The van der Waals surface area contributed by atoms with E-state index >= 15 is 4.39 Å². The molecule has 3 aliphatic heterocycles. The van der Waals surface area contributed by atoms with Crippen molar-refractivity contribution in [1.29, 1.82) is 0 Å². The molecular formula is C34H41ClFN7O. The summed E-state index contributed by atoms with van der Waals surface area (Å²) in [6.45, 7) is 8.99. The molecule has 4 aromatic rings. The van der Waals surface area contributed by atoms with Crippen LogP contribution < -0.4 is 9.64 Å². The lowest BCUT2D eigenvalue weighted by atomic mass is 9.93. The Kier molecular flexibility index (Phi) is 7.17. The molecule has 0 amide bonds. The van der Waals surface area contributed by atoms with E-state index in [0.29, 0.717) is 34.4 Å². The largest absolute Gasteiger partial charge is 0.461 e. The number of hydrogen-bond acceptors (Lipinski definition) is 7. The van der Waals surface area contributed by atoms with Gasteiger partial charge in [0.1, 0.15) is 23.6 Å². The first-order valence-corrected chi connectivity index (χ1v) is 17.0. The van der Waals surface area contributed by atoms with Crippen molar-refractivity contribution in [3.8, 4) is 17.3 Å². The van der Waals surface area contributed by atoms with E-state index in [1.807, 2.05) is 6.07 Å². The van der Waals surface area contributed by atoms with Crippen LogP contribution in [0.1, 0.15) is 83.1 Å². The van der Waals surface area contributed by atoms with Gasteiger partial charge < -0.3 is 9.64 Å². The Morgan fingerprint density at radius 2 is 1.93 bits per heavy atom. The molecule has 0 bridgehead atoms. The van der Waals surface area contributed by atoms with E-state index in [0.717, 1.165) is 80.6 Å². The number of piperidine rings is 1. The second-order valence-electron chi connectivity index (χ2n) is 13.8. The number of hydrogen-bond donors (Lipinski definition) is 1. The van der Waals surface area contributed by atoms with Crippen molar-refractivity contribution in [3.05, 3.63) is 34.9 Å². The first-order chi connectivity index (χ1) is 21.5. The molecule has 1 N–H and O–H groups in total. The quantitative estimate of drug-likeness (QED) is 0.219. The predicted molar refractivity (Wildman–Crippen MR) is 172 cm³/mol. The lowest BCUT2D eigenvalue weighted by molar-refractivity contribution is 0.108. The van der Waals surface area contributed by atoms with Crippen molar-refractivity contribution in [2.45, 2.75) is 83.1 Å². The van der Waals surface area contributed by atoms with E-state index in [2.05, 4.69) is 33.8 Å². The Balaban J connectivity index is 1.26. The zero-order valence-electron chi connectivity index (χ0n) is 25.7. The molecule has 0 radical (unpaired) electrons. The summed E-state index contributed by atoms with van der Waals surface area (Å²) in [7, 11) is 0. The van der Waals surface area contributed by atoms with Gasteiger partial charge in [-0.1, -0.05) is 31.9 Å². The van der Waals surface area contributed by atoms with Gasteiger partial charge in [-0.05, 0) is 93.8 Å². The maximum Gasteiger partial charge on any atom is 0.319 e. The number of nitrogens with zero attached hydrogens (tertiary/aromatic N) is 6. The number of aromatic amines is 1. The van der Waals surface area contributed by atoms with E-state index in [-0.39, 0.29) is 28.7 Å². The van der Waals surface area contributed by atoms with Gasteiger partial charge in [-0.15, -0.1) is 0 Å². The summed E-state index contributed by atoms with van der Waals surface area (Å²) >= 11 is 6.87. The molecule has 1 aliphatic carbocycles. The zero-order valence-corrected chi connectivity index (χ0v) is 26.5. The molecule has 8 nitrogen and oxygen atoms in total. The smallest absolute Gasteiger partial charge is 0.319 e. The summed E-state index contributed by atoms with van der Waals surface area (Å²) in [5.41, 5.74) is 2.99. The number of rotatable bonds is 8. The first kappa shape index (κ1) is 28.4. The van der Waals surface area contributed by atoms with Gasteiger partial charge in [0.2, 0.25) is 0 Å². The number of anilines is 1. The van der Waals surface area contributed by atoms with Gasteiger partial charge in [0.05, 0.1) is 22.6 Å². The van der Waals surface area contributed by atoms with Crippen molar-refractivity contribution in [2.75, 3.05) is 37.7 Å². The number of halogens is 2. The van der Waals surface area contributed by atoms with Crippen LogP contribution in [-0.4, -0.2) is 68.4 Å². The summed E-state index contributed by atoms with van der Waals surface area (Å²) in [4.78, 5) is 19.5. The molecule has 1 saturated carbocycles. The van der Waals surface area contributed by atoms with Gasteiger partial charge >= 0.3 is 6.01 Å². The number of benzene rings is 1. The van der Waals surface area contributed by atoms with E-state index in [9.17, 15) is 0 Å². The molecule has 10 heteroatoms. The third-order valence-corrected chi connectivity index (χ3v) is 11.2. The fourth-order valence-corrected chi connectivity index (χ4v) is 8.82. The molecule has 3 aromatic heterocycles. The van der Waals surface area contributed by atoms with E-state index in [4.69, 9.17) is 31.3 Å². The molecular weight excluding hydrogens is 577 g/mol. The van der Waals surface area contributed by atoms with Crippen LogP contribution in [0, 0.1) is 17.7 Å². The highest BCUT2D eigenvalue weighted by molar-refractivity contribution is 6.33. The number of aromatic nitrogens is 5. The Morgan fingerprint density at radius 3 is 2.70 bits per heavy atom. The van der Waals surface area contributed by atoms with Gasteiger partial charge in [-0.25, -0.2) is 4.39 Å². The summed E-state index contributed by atoms with van der Waals surface area (Å²) < 4.78 is 23.5. The molecule has 4 fully saturated rings. The molecule has 6 heterocycles. The highest BCUT2D eigenvalue weighted by Crippen LogP contribution is 2.54. The highest BCUT2D eigenvalue weighted by Gasteiger charge is 2.45. The minimum Gasteiger partial charge on any atom is -0.461 e. The third-order valence-electron chi connectivity index (χ3n) is 10.9. The van der Waals surface area contributed by atoms with Gasteiger partial charge in [0.25, 0.3) is 0 Å². The summed E-state index contributed by atoms with van der Waals surface area (Å²) in [6, 6.07) is 2.15. The van der Waals surface area contributed by atoms with Crippen LogP contribution in [0.5, 0.6) is 6.01 Å². The van der Waals surface area contributed by atoms with Crippen molar-refractivity contribution in [3.63, 3.8) is 0 Å². The average molecular weight is 618 g/mol. The van der Waals surface area contributed by atoms with Crippen molar-refractivity contribution in [1.82, 2.24) is 30.0 Å². The first-order valence-electron chi connectivity index (χ1n) is 16.6. The normalized spacial score (nSPS) is 24.8. The Hall–Kier alpha value is -3.04. The number of fused-ring (bicyclic) bond motifs is 3. The molecule has 4 aliphatic rings. The van der Waals surface area contributed by atoms with Crippen LogP contribution in [0.3, 0.4) is 0 Å².